The number of rotatable bonds is 11. The Balaban J connectivity index is 1.13. The van der Waals surface area contributed by atoms with Crippen LogP contribution in [0.1, 0.15) is 162 Å². The van der Waals surface area contributed by atoms with Crippen molar-refractivity contribution in [3.8, 4) is 0 Å². The molecule has 2 heteroatoms. The second kappa shape index (κ2) is 12.8. The highest BCUT2D eigenvalue weighted by Crippen LogP contribution is 2.66. The van der Waals surface area contributed by atoms with Gasteiger partial charge >= 0.3 is 5.97 Å². The molecule has 2 nitrogen and oxygen atoms in total. The lowest BCUT2D eigenvalue weighted by Gasteiger charge is -2.58. The Morgan fingerprint density at radius 3 is 2.47 bits per heavy atom. The fourth-order valence-electron chi connectivity index (χ4n) is 10.5. The minimum absolute atomic E-state index is 0.0780. The van der Waals surface area contributed by atoms with Crippen LogP contribution >= 0.6 is 0 Å². The average Bonchev–Trinajstić information content (AvgIpc) is 3.26. The van der Waals surface area contributed by atoms with Crippen LogP contribution in [-0.4, -0.2) is 12.1 Å². The van der Waals surface area contributed by atoms with E-state index in [9.17, 15) is 4.79 Å². The van der Waals surface area contributed by atoms with Crippen LogP contribution in [0.2, 0.25) is 0 Å². The van der Waals surface area contributed by atoms with Gasteiger partial charge in [-0.25, -0.2) is 0 Å². The van der Waals surface area contributed by atoms with Crippen LogP contribution in [-0.2, 0) is 9.53 Å². The van der Waals surface area contributed by atoms with Gasteiger partial charge in [-0.15, -0.1) is 0 Å². The van der Waals surface area contributed by atoms with Gasteiger partial charge in [0, 0.05) is 12.8 Å². The number of carbonyl (C=O) groups excluding carboxylic acids is 1. The van der Waals surface area contributed by atoms with Crippen molar-refractivity contribution in [2.75, 3.05) is 0 Å². The first kappa shape index (κ1) is 28.7. The summed E-state index contributed by atoms with van der Waals surface area (Å²) in [4.78, 5) is 12.7. The summed E-state index contributed by atoms with van der Waals surface area (Å²) >= 11 is 0. The maximum Gasteiger partial charge on any atom is 0.306 e. The van der Waals surface area contributed by atoms with Gasteiger partial charge in [0.1, 0.15) is 6.10 Å². The number of allylic oxidation sites excluding steroid dienone is 1. The number of esters is 1. The quantitative estimate of drug-likeness (QED) is 0.153. The summed E-state index contributed by atoms with van der Waals surface area (Å²) in [6.07, 6.45) is 31.8. The van der Waals surface area contributed by atoms with E-state index in [1.165, 1.54) is 116 Å². The molecule has 0 saturated heterocycles. The average molecular weight is 525 g/mol. The van der Waals surface area contributed by atoms with Crippen molar-refractivity contribution in [3.05, 3.63) is 11.6 Å². The summed E-state index contributed by atoms with van der Waals surface area (Å²) in [5.41, 5.74) is 2.60. The molecule has 0 aromatic heterocycles. The van der Waals surface area contributed by atoms with E-state index >= 15 is 0 Å². The van der Waals surface area contributed by atoms with Crippen LogP contribution < -0.4 is 0 Å². The smallest absolute Gasteiger partial charge is 0.306 e. The van der Waals surface area contributed by atoms with E-state index in [4.69, 9.17) is 4.74 Å². The van der Waals surface area contributed by atoms with Gasteiger partial charge < -0.3 is 4.74 Å². The monoisotopic (exact) mass is 524 g/mol. The zero-order valence-electron chi connectivity index (χ0n) is 25.4. The fourth-order valence-corrected chi connectivity index (χ4v) is 10.5. The lowest BCUT2D eigenvalue weighted by atomic mass is 9.47. The van der Waals surface area contributed by atoms with Crippen LogP contribution in [0.3, 0.4) is 0 Å². The van der Waals surface area contributed by atoms with Gasteiger partial charge in [-0.1, -0.05) is 103 Å². The van der Waals surface area contributed by atoms with E-state index in [1.807, 2.05) is 0 Å². The molecular weight excluding hydrogens is 464 g/mol. The highest BCUT2D eigenvalue weighted by Gasteiger charge is 2.58. The molecule has 4 fully saturated rings. The first-order valence-electron chi connectivity index (χ1n) is 17.3. The molecule has 0 unspecified atom stereocenters. The Kier molecular flexibility index (Phi) is 9.68. The largest absolute Gasteiger partial charge is 0.462 e. The Hall–Kier alpha value is -0.790. The van der Waals surface area contributed by atoms with Crippen LogP contribution in [0.5, 0.6) is 0 Å². The molecule has 216 valence electrons. The number of hydrogen-bond acceptors (Lipinski definition) is 2. The van der Waals surface area contributed by atoms with Gasteiger partial charge in [0.05, 0.1) is 0 Å². The highest BCUT2D eigenvalue weighted by atomic mass is 16.5. The molecule has 0 spiro atoms. The lowest BCUT2D eigenvalue weighted by Crippen LogP contribution is -2.50. The Labute approximate surface area is 235 Å². The molecule has 0 aromatic carbocycles. The number of unbranched alkanes of at least 4 members (excludes halogenated alkanes) is 5. The molecule has 5 rings (SSSR count). The minimum atomic E-state index is 0.0780. The maximum atomic E-state index is 12.7. The van der Waals surface area contributed by atoms with Gasteiger partial charge in [0.15, 0.2) is 0 Å². The Bertz CT molecular complexity index is 808. The molecular formula is C36H60O2. The minimum Gasteiger partial charge on any atom is -0.462 e. The van der Waals surface area contributed by atoms with E-state index < -0.39 is 0 Å². The van der Waals surface area contributed by atoms with E-state index in [2.05, 4.69) is 26.8 Å². The van der Waals surface area contributed by atoms with E-state index in [0.29, 0.717) is 17.3 Å². The molecule has 0 aliphatic heterocycles. The molecule has 0 N–H and O–H groups in total. The van der Waals surface area contributed by atoms with Gasteiger partial charge in [0.25, 0.3) is 0 Å². The molecule has 5 aliphatic rings. The van der Waals surface area contributed by atoms with E-state index in [0.717, 1.165) is 48.9 Å². The van der Waals surface area contributed by atoms with Crippen molar-refractivity contribution < 1.29 is 9.53 Å². The Morgan fingerprint density at radius 2 is 1.66 bits per heavy atom. The lowest BCUT2D eigenvalue weighted by molar-refractivity contribution is -0.152. The van der Waals surface area contributed by atoms with Crippen molar-refractivity contribution in [1.29, 1.82) is 0 Å². The molecule has 0 heterocycles. The second-order valence-corrected chi connectivity index (χ2v) is 15.0. The van der Waals surface area contributed by atoms with Gasteiger partial charge in [0.2, 0.25) is 0 Å². The summed E-state index contributed by atoms with van der Waals surface area (Å²) in [5.74, 6) is 4.51. The maximum absolute atomic E-state index is 12.7. The first-order valence-corrected chi connectivity index (χ1v) is 17.3. The SMILES string of the molecule is CCCCCCCC[C@@H]1CC[C@@H]2[C@@H]3CC=C4C[C@@H](OC(=O)CCC5CCCCC5)CC[C@]4(C)[C@@H]3CC[C@]12C. The summed E-state index contributed by atoms with van der Waals surface area (Å²) in [6.45, 7) is 7.62. The van der Waals surface area contributed by atoms with Crippen LogP contribution in [0.25, 0.3) is 0 Å². The summed E-state index contributed by atoms with van der Waals surface area (Å²) in [7, 11) is 0. The number of carbonyl (C=O) groups is 1. The van der Waals surface area contributed by atoms with Crippen LogP contribution in [0, 0.1) is 40.4 Å². The summed E-state index contributed by atoms with van der Waals surface area (Å²) < 4.78 is 6.10. The molecule has 38 heavy (non-hydrogen) atoms. The normalized spacial score (nSPS) is 39.1. The zero-order chi connectivity index (χ0) is 26.6. The van der Waals surface area contributed by atoms with Crippen molar-refractivity contribution >= 4 is 5.97 Å². The number of hydrogen-bond donors (Lipinski definition) is 0. The molecule has 0 amide bonds. The van der Waals surface area contributed by atoms with Crippen molar-refractivity contribution in [2.24, 2.45) is 40.4 Å². The van der Waals surface area contributed by atoms with Gasteiger partial charge in [-0.05, 0) is 98.2 Å². The van der Waals surface area contributed by atoms with Crippen LogP contribution in [0.15, 0.2) is 11.6 Å². The Morgan fingerprint density at radius 1 is 0.868 bits per heavy atom. The topological polar surface area (TPSA) is 26.3 Å². The molecule has 5 aliphatic carbocycles. The van der Waals surface area contributed by atoms with Crippen molar-refractivity contribution in [3.63, 3.8) is 0 Å². The number of fused-ring (bicyclic) bond motifs is 5. The van der Waals surface area contributed by atoms with E-state index in [-0.39, 0.29) is 12.1 Å². The predicted octanol–water partition coefficient (Wildman–Crippen LogP) is 10.6. The predicted molar refractivity (Wildman–Crippen MR) is 159 cm³/mol. The van der Waals surface area contributed by atoms with Crippen molar-refractivity contribution in [2.45, 2.75) is 168 Å². The van der Waals surface area contributed by atoms with Crippen molar-refractivity contribution in [1.82, 2.24) is 0 Å². The third-order valence-corrected chi connectivity index (χ3v) is 12.9. The number of ether oxygens (including phenoxy) is 1. The standard InChI is InChI=1S/C36H60O2/c1-4-5-6-7-8-12-15-28-18-20-32-31-19-17-29-26-30(38-34(37)21-16-27-13-10-9-11-14-27)22-24-36(29,3)33(31)23-25-35(28,32)2/h17,27-28,30-33H,4-16,18-26H2,1-3H3/t28-,30+,31+,32-,33-,35-,36+/m1/s1. The van der Waals surface area contributed by atoms with Crippen LogP contribution in [0.4, 0.5) is 0 Å². The fraction of sp³-hybridized carbons (Fsp3) is 0.917. The second-order valence-electron chi connectivity index (χ2n) is 15.0. The molecule has 0 aromatic rings. The molecule has 7 atom stereocenters. The summed E-state index contributed by atoms with van der Waals surface area (Å²) in [6, 6.07) is 0. The molecule has 0 radical (unpaired) electrons. The van der Waals surface area contributed by atoms with E-state index in [1.54, 1.807) is 5.57 Å². The zero-order valence-corrected chi connectivity index (χ0v) is 25.4. The summed E-state index contributed by atoms with van der Waals surface area (Å²) in [5, 5.41) is 0. The molecule has 0 bridgehead atoms. The highest BCUT2D eigenvalue weighted by molar-refractivity contribution is 5.69. The van der Waals surface area contributed by atoms with Gasteiger partial charge in [-0.2, -0.15) is 0 Å². The van der Waals surface area contributed by atoms with Gasteiger partial charge in [-0.3, -0.25) is 4.79 Å². The third kappa shape index (κ3) is 6.10. The first-order chi connectivity index (χ1) is 18.4. The third-order valence-electron chi connectivity index (χ3n) is 12.9. The molecule has 4 saturated carbocycles.